The largest absolute Gasteiger partial charge is 0.371 e. The highest BCUT2D eigenvalue weighted by molar-refractivity contribution is 5.83. The Kier molecular flexibility index (Phi) is 5.05. The molecule has 0 spiro atoms. The van der Waals surface area contributed by atoms with Crippen LogP contribution in [0.25, 0.3) is 0 Å². The first-order valence-electron chi connectivity index (χ1n) is 5.82. The molecular formula is C11H23N3O. The predicted molar refractivity (Wildman–Crippen MR) is 62.5 cm³/mol. The van der Waals surface area contributed by atoms with Gasteiger partial charge >= 0.3 is 0 Å². The van der Waals surface area contributed by atoms with E-state index in [0.29, 0.717) is 12.4 Å². The first-order valence-corrected chi connectivity index (χ1v) is 5.82. The number of ether oxygens (including phenoxy) is 1. The first kappa shape index (κ1) is 12.5. The molecule has 0 bridgehead atoms. The molecule has 1 rings (SSSR count). The standard InChI is InChI=1S/C11H23N3O/c1-4-10(15-5-2)11(12)14-8-6-13(3)7-9-14/h10,12H,4-9H2,1-3H3. The number of piperazine rings is 1. The van der Waals surface area contributed by atoms with Gasteiger partial charge in [0.25, 0.3) is 0 Å². The summed E-state index contributed by atoms with van der Waals surface area (Å²) < 4.78 is 5.55. The zero-order chi connectivity index (χ0) is 11.3. The molecule has 0 aromatic carbocycles. The topological polar surface area (TPSA) is 39.6 Å². The number of rotatable bonds is 4. The molecule has 0 saturated carbocycles. The fraction of sp³-hybridized carbons (Fsp3) is 0.909. The van der Waals surface area contributed by atoms with E-state index in [4.69, 9.17) is 10.1 Å². The lowest BCUT2D eigenvalue weighted by Gasteiger charge is -2.36. The fourth-order valence-corrected chi connectivity index (χ4v) is 1.84. The monoisotopic (exact) mass is 213 g/mol. The van der Waals surface area contributed by atoms with Gasteiger partial charge in [0, 0.05) is 32.8 Å². The Labute approximate surface area is 92.7 Å². The molecule has 1 atom stereocenters. The summed E-state index contributed by atoms with van der Waals surface area (Å²) in [6, 6.07) is 0. The van der Waals surface area contributed by atoms with Crippen molar-refractivity contribution in [3.63, 3.8) is 0 Å². The van der Waals surface area contributed by atoms with Crippen LogP contribution in [0.5, 0.6) is 0 Å². The van der Waals surface area contributed by atoms with Gasteiger partial charge in [-0.15, -0.1) is 0 Å². The van der Waals surface area contributed by atoms with E-state index in [2.05, 4.69) is 23.8 Å². The summed E-state index contributed by atoms with van der Waals surface area (Å²) in [6.07, 6.45) is 0.873. The average Bonchev–Trinajstić information content (AvgIpc) is 2.26. The van der Waals surface area contributed by atoms with Crippen LogP contribution in [0.4, 0.5) is 0 Å². The minimum atomic E-state index is -0.0154. The molecule has 0 aromatic heterocycles. The van der Waals surface area contributed by atoms with E-state index in [1.165, 1.54) is 0 Å². The molecule has 1 N–H and O–H groups in total. The van der Waals surface area contributed by atoms with Gasteiger partial charge in [0.1, 0.15) is 11.9 Å². The highest BCUT2D eigenvalue weighted by atomic mass is 16.5. The van der Waals surface area contributed by atoms with Crippen molar-refractivity contribution >= 4 is 5.84 Å². The molecule has 1 unspecified atom stereocenters. The van der Waals surface area contributed by atoms with E-state index >= 15 is 0 Å². The van der Waals surface area contributed by atoms with E-state index < -0.39 is 0 Å². The van der Waals surface area contributed by atoms with E-state index in [9.17, 15) is 0 Å². The van der Waals surface area contributed by atoms with Gasteiger partial charge in [0.2, 0.25) is 0 Å². The van der Waals surface area contributed by atoms with Crippen LogP contribution in [-0.2, 0) is 4.74 Å². The molecule has 1 fully saturated rings. The van der Waals surface area contributed by atoms with Gasteiger partial charge in [-0.05, 0) is 20.4 Å². The summed E-state index contributed by atoms with van der Waals surface area (Å²) in [5, 5.41) is 8.09. The van der Waals surface area contributed by atoms with Gasteiger partial charge in [0.05, 0.1) is 0 Å². The molecule has 0 radical (unpaired) electrons. The maximum absolute atomic E-state index is 8.09. The lowest BCUT2D eigenvalue weighted by Crippen LogP contribution is -2.50. The van der Waals surface area contributed by atoms with Crippen LogP contribution in [0.3, 0.4) is 0 Å². The maximum atomic E-state index is 8.09. The van der Waals surface area contributed by atoms with Crippen LogP contribution in [0.1, 0.15) is 20.3 Å². The highest BCUT2D eigenvalue weighted by Gasteiger charge is 2.22. The van der Waals surface area contributed by atoms with Gasteiger partial charge in [-0.1, -0.05) is 6.92 Å². The fourth-order valence-electron chi connectivity index (χ4n) is 1.84. The molecule has 4 heteroatoms. The van der Waals surface area contributed by atoms with E-state index in [0.717, 1.165) is 32.6 Å². The normalized spacial score (nSPS) is 20.3. The second kappa shape index (κ2) is 6.08. The smallest absolute Gasteiger partial charge is 0.126 e. The maximum Gasteiger partial charge on any atom is 0.126 e. The van der Waals surface area contributed by atoms with Crippen molar-refractivity contribution in [2.45, 2.75) is 26.4 Å². The molecule has 15 heavy (non-hydrogen) atoms. The Bertz CT molecular complexity index is 200. The van der Waals surface area contributed by atoms with Crippen LogP contribution in [0.2, 0.25) is 0 Å². The molecule has 1 aliphatic rings. The first-order chi connectivity index (χ1) is 7.19. The molecule has 0 amide bonds. The van der Waals surface area contributed by atoms with E-state index in [1.54, 1.807) is 0 Å². The third kappa shape index (κ3) is 3.47. The van der Waals surface area contributed by atoms with Crippen molar-refractivity contribution in [1.29, 1.82) is 5.41 Å². The van der Waals surface area contributed by atoms with Gasteiger partial charge in [0.15, 0.2) is 0 Å². The zero-order valence-corrected chi connectivity index (χ0v) is 10.1. The second-order valence-electron chi connectivity index (χ2n) is 4.03. The van der Waals surface area contributed by atoms with Gasteiger partial charge < -0.3 is 14.5 Å². The lowest BCUT2D eigenvalue weighted by atomic mass is 10.2. The Morgan fingerprint density at radius 3 is 2.33 bits per heavy atom. The van der Waals surface area contributed by atoms with Crippen LogP contribution in [0, 0.1) is 5.41 Å². The van der Waals surface area contributed by atoms with Crippen molar-refractivity contribution in [1.82, 2.24) is 9.80 Å². The van der Waals surface area contributed by atoms with E-state index in [-0.39, 0.29) is 6.10 Å². The number of hydrogen-bond donors (Lipinski definition) is 1. The van der Waals surface area contributed by atoms with Crippen molar-refractivity contribution < 1.29 is 4.74 Å². The molecule has 1 saturated heterocycles. The minimum absolute atomic E-state index is 0.0154. The predicted octanol–water partition coefficient (Wildman–Crippen LogP) is 1.03. The molecule has 1 aliphatic heterocycles. The number of likely N-dealkylation sites (N-methyl/N-ethyl adjacent to an activating group) is 1. The summed E-state index contributed by atoms with van der Waals surface area (Å²) in [5.41, 5.74) is 0. The van der Waals surface area contributed by atoms with E-state index in [1.807, 2.05) is 6.92 Å². The Hall–Kier alpha value is -0.610. The van der Waals surface area contributed by atoms with Crippen LogP contribution < -0.4 is 0 Å². The summed E-state index contributed by atoms with van der Waals surface area (Å²) in [4.78, 5) is 4.44. The summed E-state index contributed by atoms with van der Waals surface area (Å²) in [5.74, 6) is 0.660. The lowest BCUT2D eigenvalue weighted by molar-refractivity contribution is 0.0909. The van der Waals surface area contributed by atoms with Crippen molar-refractivity contribution in [2.24, 2.45) is 0 Å². The minimum Gasteiger partial charge on any atom is -0.371 e. The number of nitrogens with one attached hydrogen (secondary N) is 1. The van der Waals surface area contributed by atoms with Crippen molar-refractivity contribution in [3.8, 4) is 0 Å². The number of nitrogens with zero attached hydrogens (tertiary/aromatic N) is 2. The molecule has 0 aliphatic carbocycles. The number of hydrogen-bond acceptors (Lipinski definition) is 3. The van der Waals surface area contributed by atoms with Crippen molar-refractivity contribution in [2.75, 3.05) is 39.8 Å². The summed E-state index contributed by atoms with van der Waals surface area (Å²) in [7, 11) is 2.13. The average molecular weight is 213 g/mol. The third-order valence-corrected chi connectivity index (χ3v) is 2.89. The SMILES string of the molecule is CCOC(CC)C(=N)N1CCN(C)CC1. The Morgan fingerprint density at radius 1 is 1.27 bits per heavy atom. The Balaban J connectivity index is 2.44. The molecule has 4 nitrogen and oxygen atoms in total. The molecular weight excluding hydrogens is 190 g/mol. The quantitative estimate of drug-likeness (QED) is 0.560. The van der Waals surface area contributed by atoms with Crippen molar-refractivity contribution in [3.05, 3.63) is 0 Å². The zero-order valence-electron chi connectivity index (χ0n) is 10.1. The summed E-state index contributed by atoms with van der Waals surface area (Å²) >= 11 is 0. The van der Waals surface area contributed by atoms with Gasteiger partial charge in [-0.25, -0.2) is 0 Å². The summed E-state index contributed by atoms with van der Waals surface area (Å²) in [6.45, 7) is 8.76. The van der Waals surface area contributed by atoms with Crippen LogP contribution >= 0.6 is 0 Å². The second-order valence-corrected chi connectivity index (χ2v) is 4.03. The van der Waals surface area contributed by atoms with Crippen LogP contribution in [-0.4, -0.2) is 61.6 Å². The van der Waals surface area contributed by atoms with Crippen LogP contribution in [0.15, 0.2) is 0 Å². The molecule has 0 aromatic rings. The molecule has 88 valence electrons. The number of amidine groups is 1. The third-order valence-electron chi connectivity index (χ3n) is 2.89. The van der Waals surface area contributed by atoms with Gasteiger partial charge in [-0.3, -0.25) is 5.41 Å². The van der Waals surface area contributed by atoms with Gasteiger partial charge in [-0.2, -0.15) is 0 Å². The Morgan fingerprint density at radius 2 is 1.87 bits per heavy atom. The molecule has 1 heterocycles. The highest BCUT2D eigenvalue weighted by Crippen LogP contribution is 2.07.